The molecule has 0 radical (unpaired) electrons. The summed E-state index contributed by atoms with van der Waals surface area (Å²) in [4.78, 5) is 4.10. The number of hydrogen-bond donors (Lipinski definition) is 2. The highest BCUT2D eigenvalue weighted by atomic mass is 19.4. The molecule has 2 saturated heterocycles. The molecular formula is C19H28F3N3O4. The Balaban J connectivity index is 1.59. The van der Waals surface area contributed by atoms with E-state index in [1.54, 1.807) is 12.1 Å². The monoisotopic (exact) mass is 419 g/mol. The summed E-state index contributed by atoms with van der Waals surface area (Å²) in [6.45, 7) is 2.33. The molecule has 0 saturated carbocycles. The van der Waals surface area contributed by atoms with Crippen LogP contribution in [-0.4, -0.2) is 92.7 Å². The van der Waals surface area contributed by atoms with Crippen LogP contribution in [-0.2, 0) is 16.0 Å². The molecule has 1 aromatic rings. The summed E-state index contributed by atoms with van der Waals surface area (Å²) in [5.74, 6) is -0.267. The van der Waals surface area contributed by atoms with Gasteiger partial charge < -0.3 is 29.5 Å². The minimum Gasteiger partial charge on any atom is -0.406 e. The van der Waals surface area contributed by atoms with E-state index in [-0.39, 0.29) is 23.9 Å². The van der Waals surface area contributed by atoms with Crippen molar-refractivity contribution in [2.45, 2.75) is 43.5 Å². The number of rotatable bonds is 8. The first-order valence-electron chi connectivity index (χ1n) is 9.52. The molecule has 164 valence electrons. The van der Waals surface area contributed by atoms with E-state index in [0.29, 0.717) is 13.2 Å². The fourth-order valence-corrected chi connectivity index (χ4v) is 3.67. The minimum atomic E-state index is -4.71. The molecule has 2 heterocycles. The van der Waals surface area contributed by atoms with Crippen molar-refractivity contribution in [3.8, 4) is 5.75 Å². The Hall–Kier alpha value is -1.43. The minimum absolute atomic E-state index is 0.267. The highest BCUT2D eigenvalue weighted by molar-refractivity contribution is 5.27. The van der Waals surface area contributed by atoms with Crippen LogP contribution < -0.4 is 10.1 Å². The first-order chi connectivity index (χ1) is 13.6. The van der Waals surface area contributed by atoms with E-state index >= 15 is 0 Å². The first-order valence-corrected chi connectivity index (χ1v) is 9.52. The van der Waals surface area contributed by atoms with Crippen LogP contribution in [0.2, 0.25) is 0 Å². The molecule has 2 bridgehead atoms. The molecule has 2 fully saturated rings. The SMILES string of the molecule is CN(C)CCN(C)[C@H]1[C@@H]2OC[C@@H](O2)[C@@H](NCc2ccc(OC(F)(F)F)cc2)[C@@H]1O. The van der Waals surface area contributed by atoms with Gasteiger partial charge in [0.1, 0.15) is 11.9 Å². The lowest BCUT2D eigenvalue weighted by molar-refractivity contribution is -0.274. The van der Waals surface area contributed by atoms with Gasteiger partial charge in [0.15, 0.2) is 6.29 Å². The molecule has 29 heavy (non-hydrogen) atoms. The van der Waals surface area contributed by atoms with E-state index in [4.69, 9.17) is 9.47 Å². The summed E-state index contributed by atoms with van der Waals surface area (Å²) in [6.07, 6.45) is -6.17. The second kappa shape index (κ2) is 9.15. The number of likely N-dealkylation sites (N-methyl/N-ethyl adjacent to an activating group) is 2. The van der Waals surface area contributed by atoms with Gasteiger partial charge in [-0.15, -0.1) is 13.2 Å². The summed E-state index contributed by atoms with van der Waals surface area (Å²) in [7, 11) is 5.90. The van der Waals surface area contributed by atoms with Crippen LogP contribution in [0.5, 0.6) is 5.75 Å². The van der Waals surface area contributed by atoms with E-state index in [1.165, 1.54) is 12.1 Å². The Morgan fingerprint density at radius 2 is 1.86 bits per heavy atom. The van der Waals surface area contributed by atoms with Crippen LogP contribution >= 0.6 is 0 Å². The smallest absolute Gasteiger partial charge is 0.406 e. The number of nitrogens with zero attached hydrogens (tertiary/aromatic N) is 2. The van der Waals surface area contributed by atoms with Crippen molar-refractivity contribution in [1.29, 1.82) is 0 Å². The van der Waals surface area contributed by atoms with Gasteiger partial charge in [-0.05, 0) is 38.8 Å². The van der Waals surface area contributed by atoms with Gasteiger partial charge in [0.25, 0.3) is 0 Å². The van der Waals surface area contributed by atoms with Gasteiger partial charge >= 0.3 is 6.36 Å². The molecule has 5 atom stereocenters. The number of benzene rings is 1. The number of fused-ring (bicyclic) bond motifs is 2. The van der Waals surface area contributed by atoms with E-state index in [0.717, 1.165) is 18.7 Å². The third kappa shape index (κ3) is 5.80. The number of ether oxygens (including phenoxy) is 3. The van der Waals surface area contributed by atoms with Crippen molar-refractivity contribution < 1.29 is 32.5 Å². The molecule has 7 nitrogen and oxygen atoms in total. The number of aliphatic hydroxyl groups excluding tert-OH is 1. The standard InChI is InChI=1S/C19H28F3N3O4/c1-24(2)8-9-25(3)16-17(26)15(14-11-27-18(16)28-14)23-10-12-4-6-13(7-5-12)29-19(20,21)22/h4-7,14-18,23,26H,8-11H2,1-3H3/t14-,15-,16-,17+,18-/m1/s1. The van der Waals surface area contributed by atoms with Crippen molar-refractivity contribution in [3.05, 3.63) is 29.8 Å². The van der Waals surface area contributed by atoms with Gasteiger partial charge in [0.2, 0.25) is 0 Å². The number of hydrogen-bond acceptors (Lipinski definition) is 7. The third-order valence-corrected chi connectivity index (χ3v) is 5.24. The van der Waals surface area contributed by atoms with E-state index in [9.17, 15) is 18.3 Å². The Morgan fingerprint density at radius 1 is 1.17 bits per heavy atom. The average molecular weight is 419 g/mol. The molecule has 2 N–H and O–H groups in total. The molecule has 1 aromatic carbocycles. The van der Waals surface area contributed by atoms with Gasteiger partial charge in [-0.1, -0.05) is 12.1 Å². The van der Waals surface area contributed by atoms with Crippen LogP contribution in [0, 0.1) is 0 Å². The van der Waals surface area contributed by atoms with Crippen LogP contribution in [0.1, 0.15) is 5.56 Å². The molecule has 2 aliphatic heterocycles. The van der Waals surface area contributed by atoms with Crippen LogP contribution in [0.15, 0.2) is 24.3 Å². The summed E-state index contributed by atoms with van der Waals surface area (Å²) < 4.78 is 52.4. The molecule has 0 amide bonds. The molecule has 0 aromatic heterocycles. The van der Waals surface area contributed by atoms with Crippen LogP contribution in [0.25, 0.3) is 0 Å². The summed E-state index contributed by atoms with van der Waals surface area (Å²) >= 11 is 0. The van der Waals surface area contributed by atoms with E-state index in [2.05, 4.69) is 15.0 Å². The lowest BCUT2D eigenvalue weighted by Crippen LogP contribution is -2.64. The second-order valence-electron chi connectivity index (χ2n) is 7.74. The predicted molar refractivity (Wildman–Crippen MR) is 99.3 cm³/mol. The Labute approximate surface area is 168 Å². The van der Waals surface area contributed by atoms with Crippen molar-refractivity contribution in [2.75, 3.05) is 40.8 Å². The van der Waals surface area contributed by atoms with Gasteiger partial charge in [0, 0.05) is 19.6 Å². The predicted octanol–water partition coefficient (Wildman–Crippen LogP) is 1.02. The zero-order valence-corrected chi connectivity index (χ0v) is 16.7. The Morgan fingerprint density at radius 3 is 2.48 bits per heavy atom. The van der Waals surface area contributed by atoms with Gasteiger partial charge in [0.05, 0.1) is 24.8 Å². The maximum Gasteiger partial charge on any atom is 0.573 e. The summed E-state index contributed by atoms with van der Waals surface area (Å²) in [5, 5.41) is 14.2. The topological polar surface area (TPSA) is 66.4 Å². The third-order valence-electron chi connectivity index (χ3n) is 5.24. The molecule has 2 aliphatic rings. The van der Waals surface area contributed by atoms with Crippen molar-refractivity contribution >= 4 is 0 Å². The van der Waals surface area contributed by atoms with Crippen molar-refractivity contribution in [2.24, 2.45) is 0 Å². The fourth-order valence-electron chi connectivity index (χ4n) is 3.67. The summed E-state index contributed by atoms with van der Waals surface area (Å²) in [5.41, 5.74) is 0.769. The quantitative estimate of drug-likeness (QED) is 0.652. The Kier molecular flexibility index (Phi) is 7.02. The molecule has 10 heteroatoms. The summed E-state index contributed by atoms with van der Waals surface area (Å²) in [6, 6.07) is 4.98. The number of nitrogens with one attached hydrogen (secondary N) is 1. The highest BCUT2D eigenvalue weighted by Crippen LogP contribution is 2.31. The zero-order valence-electron chi connectivity index (χ0n) is 16.7. The molecule has 0 spiro atoms. The fraction of sp³-hybridized carbons (Fsp3) is 0.684. The number of halogens is 3. The van der Waals surface area contributed by atoms with Gasteiger partial charge in [-0.25, -0.2) is 0 Å². The lowest BCUT2D eigenvalue weighted by atomic mass is 9.94. The first kappa shape index (κ1) is 22.3. The van der Waals surface area contributed by atoms with E-state index in [1.807, 2.05) is 26.0 Å². The second-order valence-corrected chi connectivity index (χ2v) is 7.74. The molecule has 0 aliphatic carbocycles. The zero-order chi connectivity index (χ0) is 21.2. The molecular weight excluding hydrogens is 391 g/mol. The van der Waals surface area contributed by atoms with E-state index < -0.39 is 18.8 Å². The van der Waals surface area contributed by atoms with Crippen molar-refractivity contribution in [1.82, 2.24) is 15.1 Å². The number of alkyl halides is 3. The average Bonchev–Trinajstić information content (AvgIpc) is 3.05. The maximum absolute atomic E-state index is 12.3. The van der Waals surface area contributed by atoms with Gasteiger partial charge in [-0.2, -0.15) is 0 Å². The number of aliphatic hydroxyl groups is 1. The highest BCUT2D eigenvalue weighted by Gasteiger charge is 2.51. The van der Waals surface area contributed by atoms with Crippen molar-refractivity contribution in [3.63, 3.8) is 0 Å². The molecule has 0 unspecified atom stereocenters. The Bertz CT molecular complexity index is 659. The molecule has 3 rings (SSSR count). The van der Waals surface area contributed by atoms with Gasteiger partial charge in [-0.3, -0.25) is 4.90 Å². The normalized spacial score (nSPS) is 29.6. The van der Waals surface area contributed by atoms with Crippen LogP contribution in [0.4, 0.5) is 13.2 Å². The largest absolute Gasteiger partial charge is 0.573 e. The lowest BCUT2D eigenvalue weighted by Gasteiger charge is -2.43. The maximum atomic E-state index is 12.3. The van der Waals surface area contributed by atoms with Crippen LogP contribution in [0.3, 0.4) is 0 Å².